The zero-order valence-corrected chi connectivity index (χ0v) is 15.9. The summed E-state index contributed by atoms with van der Waals surface area (Å²) in [5.74, 6) is -0.456. The van der Waals surface area contributed by atoms with Gasteiger partial charge in [-0.25, -0.2) is 0 Å². The molecule has 1 heterocycles. The topological polar surface area (TPSA) is 61.4 Å². The van der Waals surface area contributed by atoms with Gasteiger partial charge in [0.15, 0.2) is 0 Å². The molecule has 0 radical (unpaired) electrons. The molecule has 1 atom stereocenters. The van der Waals surface area contributed by atoms with Gasteiger partial charge in [0.2, 0.25) is 5.91 Å². The van der Waals surface area contributed by atoms with Crippen LogP contribution in [0.2, 0.25) is 5.02 Å². The van der Waals surface area contributed by atoms with Crippen molar-refractivity contribution in [1.29, 1.82) is 0 Å². The molecule has 3 rings (SSSR count). The molecule has 0 saturated carbocycles. The fraction of sp³-hybridized carbons (Fsp3) is 0.333. The summed E-state index contributed by atoms with van der Waals surface area (Å²) >= 11 is 6.15. The van der Waals surface area contributed by atoms with Crippen LogP contribution in [0.4, 0.5) is 0 Å². The summed E-state index contributed by atoms with van der Waals surface area (Å²) in [5, 5.41) is 6.29. The lowest BCUT2D eigenvalue weighted by Gasteiger charge is -2.28. The quantitative estimate of drug-likeness (QED) is 0.770. The van der Waals surface area contributed by atoms with Crippen LogP contribution >= 0.6 is 11.6 Å². The van der Waals surface area contributed by atoms with Crippen molar-refractivity contribution in [2.24, 2.45) is 0 Å². The standard InChI is InChI=1S/C21H24ClN3O2/c22-18-10-6-9-17(13-18)19(25-11-4-5-12-25)14-23-20(26)15-24-21(27)16-7-2-1-3-8-16/h1-3,6-10,13,19H,4-5,11-12,14-15H2,(H,23,26)(H,24,27). The van der Waals surface area contributed by atoms with Gasteiger partial charge < -0.3 is 10.6 Å². The zero-order chi connectivity index (χ0) is 19.1. The number of nitrogens with one attached hydrogen (secondary N) is 2. The van der Waals surface area contributed by atoms with Crippen LogP contribution in [0, 0.1) is 0 Å². The van der Waals surface area contributed by atoms with Gasteiger partial charge in [0.1, 0.15) is 0 Å². The van der Waals surface area contributed by atoms with Gasteiger partial charge in [-0.3, -0.25) is 14.5 Å². The zero-order valence-electron chi connectivity index (χ0n) is 15.2. The Morgan fingerprint density at radius 3 is 2.44 bits per heavy atom. The minimum Gasteiger partial charge on any atom is -0.353 e. The fourth-order valence-electron chi connectivity index (χ4n) is 3.35. The number of nitrogens with zero attached hydrogens (tertiary/aromatic N) is 1. The van der Waals surface area contributed by atoms with Crippen LogP contribution in [0.25, 0.3) is 0 Å². The second-order valence-electron chi connectivity index (χ2n) is 6.67. The average molecular weight is 386 g/mol. The molecular weight excluding hydrogens is 362 g/mol. The van der Waals surface area contributed by atoms with Gasteiger partial charge in [0.05, 0.1) is 12.6 Å². The first kappa shape index (κ1) is 19.4. The molecule has 1 saturated heterocycles. The average Bonchev–Trinajstić information content (AvgIpc) is 3.21. The number of hydrogen-bond acceptors (Lipinski definition) is 3. The molecular formula is C21H24ClN3O2. The van der Waals surface area contributed by atoms with Crippen LogP contribution in [-0.4, -0.2) is 42.9 Å². The second kappa shape index (κ2) is 9.53. The normalized spacial score (nSPS) is 15.3. The van der Waals surface area contributed by atoms with Crippen LogP contribution < -0.4 is 10.6 Å². The predicted molar refractivity (Wildman–Crippen MR) is 107 cm³/mol. The summed E-state index contributed by atoms with van der Waals surface area (Å²) in [4.78, 5) is 26.6. The van der Waals surface area contributed by atoms with E-state index in [2.05, 4.69) is 15.5 Å². The molecule has 1 aliphatic rings. The molecule has 0 bridgehead atoms. The van der Waals surface area contributed by atoms with Crippen molar-refractivity contribution in [1.82, 2.24) is 15.5 Å². The Bertz CT molecular complexity index is 776. The summed E-state index contributed by atoms with van der Waals surface area (Å²) in [6.07, 6.45) is 2.33. The van der Waals surface area contributed by atoms with E-state index in [9.17, 15) is 9.59 Å². The van der Waals surface area contributed by atoms with E-state index in [-0.39, 0.29) is 24.4 Å². The molecule has 0 aromatic heterocycles. The Balaban J connectivity index is 1.55. The summed E-state index contributed by atoms with van der Waals surface area (Å²) in [7, 11) is 0. The van der Waals surface area contributed by atoms with Crippen molar-refractivity contribution in [3.05, 3.63) is 70.7 Å². The van der Waals surface area contributed by atoms with Crippen LogP contribution in [0.1, 0.15) is 34.8 Å². The van der Waals surface area contributed by atoms with Gasteiger partial charge >= 0.3 is 0 Å². The number of rotatable bonds is 7. The van der Waals surface area contributed by atoms with E-state index in [0.29, 0.717) is 17.1 Å². The van der Waals surface area contributed by atoms with Crippen molar-refractivity contribution in [2.45, 2.75) is 18.9 Å². The molecule has 5 nitrogen and oxygen atoms in total. The van der Waals surface area contributed by atoms with Crippen molar-refractivity contribution in [3.8, 4) is 0 Å². The number of likely N-dealkylation sites (tertiary alicyclic amines) is 1. The Labute approximate surface area is 164 Å². The number of carbonyl (C=O) groups is 2. The van der Waals surface area contributed by atoms with E-state index in [1.165, 1.54) is 0 Å². The number of halogens is 1. The van der Waals surface area contributed by atoms with Crippen molar-refractivity contribution >= 4 is 23.4 Å². The third-order valence-electron chi connectivity index (χ3n) is 4.75. The third kappa shape index (κ3) is 5.55. The molecule has 2 aromatic rings. The Morgan fingerprint density at radius 1 is 1.00 bits per heavy atom. The minimum atomic E-state index is -0.253. The molecule has 27 heavy (non-hydrogen) atoms. The van der Waals surface area contributed by atoms with Gasteiger partial charge in [-0.2, -0.15) is 0 Å². The monoisotopic (exact) mass is 385 g/mol. The number of carbonyl (C=O) groups excluding carboxylic acids is 2. The SMILES string of the molecule is O=C(CNC(=O)c1ccccc1)NCC(c1cccc(Cl)c1)N1CCCC1. The third-order valence-corrected chi connectivity index (χ3v) is 4.99. The lowest BCUT2D eigenvalue weighted by Crippen LogP contribution is -2.41. The van der Waals surface area contributed by atoms with Crippen molar-refractivity contribution in [3.63, 3.8) is 0 Å². The maximum Gasteiger partial charge on any atom is 0.251 e. The molecule has 142 valence electrons. The lowest BCUT2D eigenvalue weighted by atomic mass is 10.1. The van der Waals surface area contributed by atoms with E-state index in [4.69, 9.17) is 11.6 Å². The largest absolute Gasteiger partial charge is 0.353 e. The summed E-state index contributed by atoms with van der Waals surface area (Å²) < 4.78 is 0. The molecule has 1 aliphatic heterocycles. The van der Waals surface area contributed by atoms with Gasteiger partial charge in [0, 0.05) is 17.1 Å². The molecule has 2 N–H and O–H groups in total. The highest BCUT2D eigenvalue weighted by Crippen LogP contribution is 2.26. The fourth-order valence-corrected chi connectivity index (χ4v) is 3.55. The second-order valence-corrected chi connectivity index (χ2v) is 7.10. The van der Waals surface area contributed by atoms with E-state index in [0.717, 1.165) is 31.5 Å². The van der Waals surface area contributed by atoms with Crippen molar-refractivity contribution in [2.75, 3.05) is 26.2 Å². The van der Waals surface area contributed by atoms with E-state index < -0.39 is 0 Å². The summed E-state index contributed by atoms with van der Waals surface area (Å²) in [5.41, 5.74) is 1.64. The van der Waals surface area contributed by atoms with Gasteiger partial charge in [-0.05, 0) is 55.8 Å². The van der Waals surface area contributed by atoms with E-state index in [1.54, 1.807) is 24.3 Å². The highest BCUT2D eigenvalue weighted by atomic mass is 35.5. The lowest BCUT2D eigenvalue weighted by molar-refractivity contribution is -0.120. The number of hydrogen-bond donors (Lipinski definition) is 2. The Hall–Kier alpha value is -2.37. The Kier molecular flexibility index (Phi) is 6.85. The molecule has 1 fully saturated rings. The molecule has 2 aromatic carbocycles. The maximum atomic E-state index is 12.2. The highest BCUT2D eigenvalue weighted by Gasteiger charge is 2.24. The van der Waals surface area contributed by atoms with Crippen molar-refractivity contribution < 1.29 is 9.59 Å². The van der Waals surface area contributed by atoms with Crippen LogP contribution in [-0.2, 0) is 4.79 Å². The number of amides is 2. The van der Waals surface area contributed by atoms with Gasteiger partial charge in [-0.15, -0.1) is 0 Å². The van der Waals surface area contributed by atoms with Gasteiger partial charge in [0.25, 0.3) is 5.91 Å². The molecule has 0 spiro atoms. The van der Waals surface area contributed by atoms with Crippen LogP contribution in [0.15, 0.2) is 54.6 Å². The molecule has 1 unspecified atom stereocenters. The smallest absolute Gasteiger partial charge is 0.251 e. The van der Waals surface area contributed by atoms with Crippen LogP contribution in [0.3, 0.4) is 0 Å². The Morgan fingerprint density at radius 2 is 1.74 bits per heavy atom. The van der Waals surface area contributed by atoms with Crippen LogP contribution in [0.5, 0.6) is 0 Å². The first-order chi connectivity index (χ1) is 13.1. The summed E-state index contributed by atoms with van der Waals surface area (Å²) in [6.45, 7) is 2.46. The molecule has 6 heteroatoms. The highest BCUT2D eigenvalue weighted by molar-refractivity contribution is 6.30. The van der Waals surface area contributed by atoms with E-state index in [1.807, 2.05) is 30.3 Å². The first-order valence-corrected chi connectivity index (χ1v) is 9.61. The van der Waals surface area contributed by atoms with E-state index >= 15 is 0 Å². The summed E-state index contributed by atoms with van der Waals surface area (Å²) in [6, 6.07) is 16.7. The molecule has 2 amide bonds. The first-order valence-electron chi connectivity index (χ1n) is 9.23. The molecule has 0 aliphatic carbocycles. The minimum absolute atomic E-state index is 0.0456. The maximum absolute atomic E-state index is 12.2. The number of benzene rings is 2. The van der Waals surface area contributed by atoms with Gasteiger partial charge in [-0.1, -0.05) is 41.9 Å². The predicted octanol–water partition coefficient (Wildman–Crippen LogP) is 3.02.